The second-order valence-electron chi connectivity index (χ2n) is 5.69. The Morgan fingerprint density at radius 2 is 1.94 bits per heavy atom. The Morgan fingerprint density at radius 1 is 1.35 bits per heavy atom. The third-order valence-electron chi connectivity index (χ3n) is 2.91. The number of amides is 1. The van der Waals surface area contributed by atoms with Crippen molar-refractivity contribution in [1.29, 1.82) is 0 Å². The van der Waals surface area contributed by atoms with Gasteiger partial charge in [-0.25, -0.2) is 0 Å². The fraction of sp³-hybridized carbons (Fsp3) is 0.923. The van der Waals surface area contributed by atoms with Crippen molar-refractivity contribution in [1.82, 2.24) is 9.80 Å². The summed E-state index contributed by atoms with van der Waals surface area (Å²) in [6.07, 6.45) is 0.170. The van der Waals surface area contributed by atoms with Crippen LogP contribution in [0.3, 0.4) is 0 Å². The molecule has 0 aromatic rings. The maximum atomic E-state index is 12.0. The van der Waals surface area contributed by atoms with Crippen LogP contribution in [0.4, 0.5) is 0 Å². The summed E-state index contributed by atoms with van der Waals surface area (Å²) in [4.78, 5) is 16.0. The fourth-order valence-corrected chi connectivity index (χ4v) is 2.03. The summed E-state index contributed by atoms with van der Waals surface area (Å²) in [6.45, 7) is 11.7. The highest BCUT2D eigenvalue weighted by atomic mass is 16.5. The molecule has 4 nitrogen and oxygen atoms in total. The van der Waals surface area contributed by atoms with Gasteiger partial charge < -0.3 is 14.5 Å². The molecule has 1 saturated heterocycles. The molecule has 0 saturated carbocycles. The largest absolute Gasteiger partial charge is 0.358 e. The number of carbonyl (C=O) groups excluding carboxylic acids is 1. The molecular weight excluding hydrogens is 216 g/mol. The first-order valence-corrected chi connectivity index (χ1v) is 6.49. The molecule has 0 aliphatic carbocycles. The lowest BCUT2D eigenvalue weighted by molar-refractivity contribution is -0.146. The van der Waals surface area contributed by atoms with Crippen LogP contribution < -0.4 is 0 Å². The summed E-state index contributed by atoms with van der Waals surface area (Å²) in [5.74, 6) is 1.06. The van der Waals surface area contributed by atoms with Crippen molar-refractivity contribution >= 4 is 5.91 Å². The molecule has 100 valence electrons. The quantitative estimate of drug-likeness (QED) is 0.660. The predicted octanol–water partition coefficient (Wildman–Crippen LogP) is 1.42. The molecule has 1 fully saturated rings. The van der Waals surface area contributed by atoms with Crippen LogP contribution in [0, 0.1) is 11.8 Å². The number of likely N-dealkylation sites (tertiary alicyclic amines) is 1. The molecule has 1 aliphatic heterocycles. The van der Waals surface area contributed by atoms with Crippen molar-refractivity contribution in [3.8, 4) is 0 Å². The summed E-state index contributed by atoms with van der Waals surface area (Å²) in [5, 5.41) is 0. The molecule has 0 aromatic carbocycles. The number of ether oxygens (including phenoxy) is 1. The molecule has 0 bridgehead atoms. The van der Waals surface area contributed by atoms with Crippen LogP contribution in [0.5, 0.6) is 0 Å². The van der Waals surface area contributed by atoms with Crippen LogP contribution in [0.2, 0.25) is 0 Å². The topological polar surface area (TPSA) is 32.8 Å². The van der Waals surface area contributed by atoms with Crippen LogP contribution in [0.15, 0.2) is 0 Å². The van der Waals surface area contributed by atoms with Crippen molar-refractivity contribution in [2.45, 2.75) is 33.8 Å². The summed E-state index contributed by atoms with van der Waals surface area (Å²) in [7, 11) is 1.82. The maximum absolute atomic E-state index is 12.0. The molecule has 1 aliphatic rings. The molecule has 0 unspecified atom stereocenters. The number of nitrogens with zero attached hydrogens (tertiary/aromatic N) is 2. The predicted molar refractivity (Wildman–Crippen MR) is 68.6 cm³/mol. The van der Waals surface area contributed by atoms with Crippen LogP contribution in [-0.2, 0) is 9.53 Å². The van der Waals surface area contributed by atoms with Crippen molar-refractivity contribution in [2.24, 2.45) is 11.8 Å². The third-order valence-corrected chi connectivity index (χ3v) is 2.91. The van der Waals surface area contributed by atoms with Crippen molar-refractivity contribution in [3.63, 3.8) is 0 Å². The molecule has 0 aromatic heterocycles. The van der Waals surface area contributed by atoms with Gasteiger partial charge in [-0.15, -0.1) is 0 Å². The van der Waals surface area contributed by atoms with Crippen LogP contribution in [0.1, 0.15) is 27.7 Å². The van der Waals surface area contributed by atoms with Gasteiger partial charge in [0, 0.05) is 26.7 Å². The third kappa shape index (κ3) is 4.64. The molecule has 0 radical (unpaired) electrons. The van der Waals surface area contributed by atoms with E-state index in [0.717, 1.165) is 19.6 Å². The number of carbonyl (C=O) groups is 1. The van der Waals surface area contributed by atoms with E-state index in [1.807, 2.05) is 20.9 Å². The van der Waals surface area contributed by atoms with Crippen molar-refractivity contribution < 1.29 is 9.53 Å². The minimum Gasteiger partial charge on any atom is -0.358 e. The first kappa shape index (κ1) is 14.5. The average molecular weight is 242 g/mol. The molecule has 0 atom stereocenters. The highest BCUT2D eigenvalue weighted by molar-refractivity contribution is 5.79. The number of rotatable bonds is 6. The monoisotopic (exact) mass is 242 g/mol. The second-order valence-corrected chi connectivity index (χ2v) is 5.69. The second kappa shape index (κ2) is 6.36. The zero-order valence-corrected chi connectivity index (χ0v) is 11.8. The van der Waals surface area contributed by atoms with Gasteiger partial charge in [0.05, 0.1) is 12.0 Å². The van der Waals surface area contributed by atoms with Gasteiger partial charge in [-0.05, 0) is 19.8 Å². The Morgan fingerprint density at radius 3 is 2.41 bits per heavy atom. The van der Waals surface area contributed by atoms with E-state index in [1.54, 1.807) is 4.90 Å². The van der Waals surface area contributed by atoms with Gasteiger partial charge in [0.1, 0.15) is 6.73 Å². The van der Waals surface area contributed by atoms with E-state index in [2.05, 4.69) is 18.7 Å². The van der Waals surface area contributed by atoms with Gasteiger partial charge >= 0.3 is 0 Å². The van der Waals surface area contributed by atoms with E-state index in [9.17, 15) is 4.79 Å². The van der Waals surface area contributed by atoms with E-state index in [4.69, 9.17) is 4.74 Å². The normalized spacial score (nSPS) is 17.6. The van der Waals surface area contributed by atoms with Crippen LogP contribution in [-0.4, -0.2) is 55.2 Å². The Labute approximate surface area is 105 Å². The summed E-state index contributed by atoms with van der Waals surface area (Å²) in [6, 6.07) is 0. The van der Waals surface area contributed by atoms with Gasteiger partial charge in [0.25, 0.3) is 0 Å². The van der Waals surface area contributed by atoms with E-state index in [1.165, 1.54) is 0 Å². The highest BCUT2D eigenvalue weighted by Gasteiger charge is 2.34. The van der Waals surface area contributed by atoms with E-state index >= 15 is 0 Å². The summed E-state index contributed by atoms with van der Waals surface area (Å²) < 4.78 is 5.43. The van der Waals surface area contributed by atoms with E-state index < -0.39 is 0 Å². The highest BCUT2D eigenvalue weighted by Crippen LogP contribution is 2.18. The van der Waals surface area contributed by atoms with Crippen molar-refractivity contribution in [3.05, 3.63) is 0 Å². The average Bonchev–Trinajstić information content (AvgIpc) is 2.17. The minimum absolute atomic E-state index is 0.170. The lowest BCUT2D eigenvalue weighted by Gasteiger charge is -2.40. The molecule has 0 N–H and O–H groups in total. The molecule has 0 spiro atoms. The lowest BCUT2D eigenvalue weighted by atomic mass is 9.97. The Kier molecular flexibility index (Phi) is 5.40. The van der Waals surface area contributed by atoms with E-state index in [0.29, 0.717) is 12.6 Å². The summed E-state index contributed by atoms with van der Waals surface area (Å²) in [5.41, 5.74) is 0. The zero-order valence-electron chi connectivity index (χ0n) is 11.8. The molecule has 4 heteroatoms. The smallest absolute Gasteiger partial charge is 0.229 e. The first-order valence-electron chi connectivity index (χ1n) is 6.49. The van der Waals surface area contributed by atoms with Gasteiger partial charge in [-0.1, -0.05) is 13.8 Å². The SMILES string of the molecule is CC(C)CN1CC(C(=O)N(C)COC(C)C)C1. The van der Waals surface area contributed by atoms with Gasteiger partial charge in [-0.3, -0.25) is 4.79 Å². The molecule has 1 rings (SSSR count). The van der Waals surface area contributed by atoms with Crippen LogP contribution >= 0.6 is 0 Å². The summed E-state index contributed by atoms with van der Waals surface area (Å²) >= 11 is 0. The molecule has 17 heavy (non-hydrogen) atoms. The Hall–Kier alpha value is -0.610. The van der Waals surface area contributed by atoms with Crippen molar-refractivity contribution in [2.75, 3.05) is 33.4 Å². The van der Waals surface area contributed by atoms with Crippen LogP contribution in [0.25, 0.3) is 0 Å². The van der Waals surface area contributed by atoms with E-state index in [-0.39, 0.29) is 17.9 Å². The van der Waals surface area contributed by atoms with Gasteiger partial charge in [-0.2, -0.15) is 0 Å². The number of hydrogen-bond acceptors (Lipinski definition) is 3. The Balaban J connectivity index is 2.22. The molecule has 1 heterocycles. The van der Waals surface area contributed by atoms with Gasteiger partial charge in [0.15, 0.2) is 0 Å². The standard InChI is InChI=1S/C13H26N2O2/c1-10(2)6-15-7-12(8-15)13(16)14(5)9-17-11(3)4/h10-12H,6-9H2,1-5H3. The first-order chi connectivity index (χ1) is 7.90. The molecular formula is C13H26N2O2. The number of hydrogen-bond donors (Lipinski definition) is 0. The van der Waals surface area contributed by atoms with Gasteiger partial charge in [0.2, 0.25) is 5.91 Å². The lowest BCUT2D eigenvalue weighted by Crippen LogP contribution is -2.54. The molecule has 1 amide bonds. The zero-order chi connectivity index (χ0) is 13.0. The maximum Gasteiger partial charge on any atom is 0.229 e. The Bertz CT molecular complexity index is 248. The minimum atomic E-state index is 0.170. The fourth-order valence-electron chi connectivity index (χ4n) is 2.03.